The van der Waals surface area contributed by atoms with E-state index in [0.29, 0.717) is 30.2 Å². The number of nitrogens with one attached hydrogen (secondary N) is 2. The molecule has 7 nitrogen and oxygen atoms in total. The number of methoxy groups -OCH3 is 1. The lowest BCUT2D eigenvalue weighted by atomic mass is 10.0. The van der Waals surface area contributed by atoms with E-state index in [2.05, 4.69) is 10.6 Å². The van der Waals surface area contributed by atoms with Gasteiger partial charge in [0.15, 0.2) is 6.10 Å². The van der Waals surface area contributed by atoms with Gasteiger partial charge in [0.1, 0.15) is 6.04 Å². The molecule has 0 bridgehead atoms. The van der Waals surface area contributed by atoms with Crippen molar-refractivity contribution in [2.45, 2.75) is 39.3 Å². The lowest BCUT2D eigenvalue weighted by Crippen LogP contribution is -2.46. The Labute approximate surface area is 164 Å². The molecular weight excluding hydrogens is 372 g/mol. The van der Waals surface area contributed by atoms with Gasteiger partial charge >= 0.3 is 5.97 Å². The Hall–Kier alpha value is -2.12. The maximum Gasteiger partial charge on any atom is 0.329 e. The molecule has 0 aliphatic heterocycles. The molecule has 0 aliphatic carbocycles. The molecule has 0 aliphatic rings. The minimum absolute atomic E-state index is 0.138. The first-order valence-electron chi connectivity index (χ1n) is 8.78. The van der Waals surface area contributed by atoms with E-state index in [1.807, 2.05) is 13.8 Å². The number of hydrogen-bond donors (Lipinski definition) is 2. The van der Waals surface area contributed by atoms with Crippen LogP contribution in [0, 0.1) is 5.92 Å². The molecule has 2 N–H and O–H groups in total. The van der Waals surface area contributed by atoms with E-state index in [0.717, 1.165) is 0 Å². The van der Waals surface area contributed by atoms with Crippen molar-refractivity contribution in [3.05, 3.63) is 34.9 Å². The summed E-state index contributed by atoms with van der Waals surface area (Å²) in [7, 11) is 1.52. The molecule has 0 aromatic heterocycles. The summed E-state index contributed by atoms with van der Waals surface area (Å²) in [5, 5.41) is 5.78. The molecule has 27 heavy (non-hydrogen) atoms. The molecule has 1 aromatic carbocycles. The van der Waals surface area contributed by atoms with Gasteiger partial charge in [-0.3, -0.25) is 9.59 Å². The van der Waals surface area contributed by atoms with Crippen LogP contribution in [0.5, 0.6) is 0 Å². The molecule has 0 radical (unpaired) electrons. The first-order chi connectivity index (χ1) is 12.7. The Kier molecular flexibility index (Phi) is 9.82. The van der Waals surface area contributed by atoms with Crippen LogP contribution in [0.4, 0.5) is 0 Å². The minimum Gasteiger partial charge on any atom is -0.451 e. The molecule has 8 heteroatoms. The molecule has 0 fully saturated rings. The van der Waals surface area contributed by atoms with Gasteiger partial charge in [0.2, 0.25) is 0 Å². The normalized spacial score (nSPS) is 13.0. The zero-order chi connectivity index (χ0) is 20.4. The van der Waals surface area contributed by atoms with Crippen molar-refractivity contribution in [3.63, 3.8) is 0 Å². The first-order valence-corrected chi connectivity index (χ1v) is 9.16. The van der Waals surface area contributed by atoms with E-state index in [-0.39, 0.29) is 5.92 Å². The van der Waals surface area contributed by atoms with Crippen LogP contribution in [-0.4, -0.2) is 50.2 Å². The van der Waals surface area contributed by atoms with Gasteiger partial charge < -0.3 is 20.1 Å². The molecular formula is C19H27ClN2O5. The molecule has 150 valence electrons. The van der Waals surface area contributed by atoms with Crippen LogP contribution in [0.2, 0.25) is 5.02 Å². The SMILES string of the molecule is COCCNC(=O)[C@@H](C)OC(=O)[C@@H](CC(C)C)NC(=O)c1ccc(Cl)cc1. The highest BCUT2D eigenvalue weighted by Gasteiger charge is 2.27. The lowest BCUT2D eigenvalue weighted by Gasteiger charge is -2.21. The molecule has 0 heterocycles. The predicted octanol–water partition coefficient (Wildman–Crippen LogP) is 2.18. The highest BCUT2D eigenvalue weighted by Crippen LogP contribution is 2.12. The minimum atomic E-state index is -0.976. The highest BCUT2D eigenvalue weighted by molar-refractivity contribution is 6.30. The first kappa shape index (κ1) is 22.9. The van der Waals surface area contributed by atoms with Crippen LogP contribution in [0.1, 0.15) is 37.6 Å². The number of ether oxygens (including phenoxy) is 2. The number of carbonyl (C=O) groups excluding carboxylic acids is 3. The van der Waals surface area contributed by atoms with Gasteiger partial charge in [0, 0.05) is 24.2 Å². The summed E-state index contributed by atoms with van der Waals surface area (Å²) in [6.07, 6.45) is -0.590. The van der Waals surface area contributed by atoms with Gasteiger partial charge in [-0.05, 0) is 43.5 Å². The zero-order valence-corrected chi connectivity index (χ0v) is 16.8. The van der Waals surface area contributed by atoms with Gasteiger partial charge in [-0.15, -0.1) is 0 Å². The number of benzene rings is 1. The van der Waals surface area contributed by atoms with E-state index in [9.17, 15) is 14.4 Å². The van der Waals surface area contributed by atoms with Gasteiger partial charge in [-0.2, -0.15) is 0 Å². The summed E-state index contributed by atoms with van der Waals surface area (Å²) in [6, 6.07) is 5.47. The molecule has 2 amide bonds. The Morgan fingerprint density at radius 1 is 1.11 bits per heavy atom. The van der Waals surface area contributed by atoms with Crippen molar-refractivity contribution < 1.29 is 23.9 Å². The second kappa shape index (κ2) is 11.6. The van der Waals surface area contributed by atoms with E-state index in [1.54, 1.807) is 24.3 Å². The van der Waals surface area contributed by atoms with Crippen LogP contribution in [-0.2, 0) is 19.1 Å². The summed E-state index contributed by atoms with van der Waals surface area (Å²) in [5.41, 5.74) is 0.381. The number of esters is 1. The molecule has 1 aromatic rings. The molecule has 1 rings (SSSR count). The van der Waals surface area contributed by atoms with Crippen molar-refractivity contribution in [1.29, 1.82) is 0 Å². The monoisotopic (exact) mass is 398 g/mol. The Morgan fingerprint density at radius 2 is 1.74 bits per heavy atom. The fourth-order valence-electron chi connectivity index (χ4n) is 2.26. The standard InChI is InChI=1S/C19H27ClN2O5/c1-12(2)11-16(22-18(24)14-5-7-15(20)8-6-14)19(25)27-13(3)17(23)21-9-10-26-4/h5-8,12-13,16H,9-11H2,1-4H3,(H,21,23)(H,22,24)/t13-,16-/m1/s1. The maximum absolute atomic E-state index is 12.5. The third kappa shape index (κ3) is 8.41. The van der Waals surface area contributed by atoms with Gasteiger partial charge in [0.25, 0.3) is 11.8 Å². The molecule has 0 spiro atoms. The van der Waals surface area contributed by atoms with Crippen molar-refractivity contribution in [2.75, 3.05) is 20.3 Å². The third-order valence-corrected chi connectivity index (χ3v) is 3.92. The van der Waals surface area contributed by atoms with Crippen molar-refractivity contribution >= 4 is 29.4 Å². The van der Waals surface area contributed by atoms with Gasteiger partial charge in [-0.1, -0.05) is 25.4 Å². The average Bonchev–Trinajstić information content (AvgIpc) is 2.61. The largest absolute Gasteiger partial charge is 0.451 e. The highest BCUT2D eigenvalue weighted by atomic mass is 35.5. The summed E-state index contributed by atoms with van der Waals surface area (Å²) >= 11 is 5.82. The Bertz CT molecular complexity index is 633. The quantitative estimate of drug-likeness (QED) is 0.465. The number of rotatable bonds is 10. The molecule has 2 atom stereocenters. The predicted molar refractivity (Wildman–Crippen MR) is 103 cm³/mol. The molecule has 0 unspecified atom stereocenters. The number of halogens is 1. The van der Waals surface area contributed by atoms with Crippen molar-refractivity contribution in [2.24, 2.45) is 5.92 Å². The lowest BCUT2D eigenvalue weighted by molar-refractivity contribution is -0.157. The second-order valence-electron chi connectivity index (χ2n) is 6.53. The molecule has 0 saturated heterocycles. The van der Waals surface area contributed by atoms with E-state index in [4.69, 9.17) is 21.1 Å². The van der Waals surface area contributed by atoms with Gasteiger partial charge in [-0.25, -0.2) is 4.79 Å². The fraction of sp³-hybridized carbons (Fsp3) is 0.526. The van der Waals surface area contributed by atoms with Crippen LogP contribution in [0.25, 0.3) is 0 Å². The smallest absolute Gasteiger partial charge is 0.329 e. The zero-order valence-electron chi connectivity index (χ0n) is 16.1. The van der Waals surface area contributed by atoms with E-state index in [1.165, 1.54) is 14.0 Å². The third-order valence-electron chi connectivity index (χ3n) is 3.67. The van der Waals surface area contributed by atoms with Crippen LogP contribution in [0.15, 0.2) is 24.3 Å². The summed E-state index contributed by atoms with van der Waals surface area (Å²) in [5.74, 6) is -1.35. The summed E-state index contributed by atoms with van der Waals surface area (Å²) < 4.78 is 10.1. The number of hydrogen-bond acceptors (Lipinski definition) is 5. The number of amides is 2. The van der Waals surface area contributed by atoms with E-state index < -0.39 is 29.9 Å². The van der Waals surface area contributed by atoms with Crippen LogP contribution >= 0.6 is 11.6 Å². The van der Waals surface area contributed by atoms with Gasteiger partial charge in [0.05, 0.1) is 6.61 Å². The van der Waals surface area contributed by atoms with Crippen molar-refractivity contribution in [1.82, 2.24) is 10.6 Å². The summed E-state index contributed by atoms with van der Waals surface area (Å²) in [4.78, 5) is 36.8. The Morgan fingerprint density at radius 3 is 2.30 bits per heavy atom. The Balaban J connectivity index is 2.71. The van der Waals surface area contributed by atoms with Crippen LogP contribution in [0.3, 0.4) is 0 Å². The number of carbonyl (C=O) groups is 3. The maximum atomic E-state index is 12.5. The topological polar surface area (TPSA) is 93.7 Å². The summed E-state index contributed by atoms with van der Waals surface area (Å²) in [6.45, 7) is 6.01. The fourth-order valence-corrected chi connectivity index (χ4v) is 2.38. The van der Waals surface area contributed by atoms with E-state index >= 15 is 0 Å². The van der Waals surface area contributed by atoms with Crippen LogP contribution < -0.4 is 10.6 Å². The second-order valence-corrected chi connectivity index (χ2v) is 6.96. The van der Waals surface area contributed by atoms with Crippen molar-refractivity contribution in [3.8, 4) is 0 Å². The molecule has 0 saturated carbocycles. The average molecular weight is 399 g/mol.